The second-order valence-electron chi connectivity index (χ2n) is 6.30. The standard InChI is InChI=1S/C20H22ClNO5/c1-13(2)17(22-20(25)26-12-14-6-4-3-5-7-14)18(23)19(24)27-16-10-8-15(21)9-11-16/h3-11,13,17-18,23H,12H2,1-2H3,(H,22,25)/t17-,18+/m0/s1. The normalized spacial score (nSPS) is 12.9. The smallest absolute Gasteiger partial charge is 0.407 e. The first-order valence-corrected chi connectivity index (χ1v) is 8.87. The molecule has 0 saturated heterocycles. The Labute approximate surface area is 163 Å². The molecule has 0 radical (unpaired) electrons. The fraction of sp³-hybridized carbons (Fsp3) is 0.300. The zero-order chi connectivity index (χ0) is 19.8. The maximum absolute atomic E-state index is 12.2. The van der Waals surface area contributed by atoms with Crippen LogP contribution in [-0.2, 0) is 16.1 Å². The fourth-order valence-corrected chi connectivity index (χ4v) is 2.46. The van der Waals surface area contributed by atoms with Crippen LogP contribution >= 0.6 is 11.6 Å². The molecule has 2 aromatic carbocycles. The summed E-state index contributed by atoms with van der Waals surface area (Å²) in [5, 5.41) is 13.4. The summed E-state index contributed by atoms with van der Waals surface area (Å²) < 4.78 is 10.3. The Balaban J connectivity index is 1.93. The van der Waals surface area contributed by atoms with Crippen molar-refractivity contribution in [1.29, 1.82) is 0 Å². The third kappa shape index (κ3) is 6.58. The van der Waals surface area contributed by atoms with Crippen molar-refractivity contribution in [3.63, 3.8) is 0 Å². The van der Waals surface area contributed by atoms with Gasteiger partial charge in [-0.15, -0.1) is 0 Å². The number of alkyl carbamates (subject to hydrolysis) is 1. The minimum absolute atomic E-state index is 0.0861. The van der Waals surface area contributed by atoms with E-state index in [9.17, 15) is 14.7 Å². The number of carbonyl (C=O) groups excluding carboxylic acids is 2. The van der Waals surface area contributed by atoms with Gasteiger partial charge in [0, 0.05) is 5.02 Å². The first kappa shape index (κ1) is 20.7. The van der Waals surface area contributed by atoms with E-state index in [4.69, 9.17) is 21.1 Å². The Morgan fingerprint density at radius 2 is 1.70 bits per heavy atom. The van der Waals surface area contributed by atoms with Crippen LogP contribution in [0.4, 0.5) is 4.79 Å². The highest BCUT2D eigenvalue weighted by molar-refractivity contribution is 6.30. The minimum Gasteiger partial charge on any atom is -0.445 e. The summed E-state index contributed by atoms with van der Waals surface area (Å²) in [6.07, 6.45) is -2.28. The molecule has 6 nitrogen and oxygen atoms in total. The van der Waals surface area contributed by atoms with E-state index >= 15 is 0 Å². The molecule has 0 aromatic heterocycles. The summed E-state index contributed by atoms with van der Waals surface area (Å²) in [5.74, 6) is -0.862. The molecule has 2 aromatic rings. The van der Waals surface area contributed by atoms with Gasteiger partial charge < -0.3 is 19.9 Å². The zero-order valence-electron chi connectivity index (χ0n) is 15.1. The summed E-state index contributed by atoms with van der Waals surface area (Å²) >= 11 is 5.78. The number of aliphatic hydroxyl groups excluding tert-OH is 1. The van der Waals surface area contributed by atoms with Crippen molar-refractivity contribution >= 4 is 23.7 Å². The highest BCUT2D eigenvalue weighted by Crippen LogP contribution is 2.17. The average molecular weight is 392 g/mol. The topological polar surface area (TPSA) is 84.9 Å². The summed E-state index contributed by atoms with van der Waals surface area (Å²) in [7, 11) is 0. The molecule has 0 aliphatic carbocycles. The van der Waals surface area contributed by atoms with Crippen LogP contribution < -0.4 is 10.1 Å². The molecule has 2 N–H and O–H groups in total. The number of benzene rings is 2. The Morgan fingerprint density at radius 1 is 1.07 bits per heavy atom. The monoisotopic (exact) mass is 391 g/mol. The number of amides is 1. The molecule has 0 bridgehead atoms. The van der Waals surface area contributed by atoms with Crippen molar-refractivity contribution in [3.8, 4) is 5.75 Å². The lowest BCUT2D eigenvalue weighted by Crippen LogP contribution is -2.51. The van der Waals surface area contributed by atoms with E-state index in [1.165, 1.54) is 12.1 Å². The molecular formula is C20H22ClNO5. The van der Waals surface area contributed by atoms with E-state index in [2.05, 4.69) is 5.32 Å². The zero-order valence-corrected chi connectivity index (χ0v) is 15.8. The van der Waals surface area contributed by atoms with Crippen molar-refractivity contribution in [1.82, 2.24) is 5.32 Å². The predicted molar refractivity (Wildman–Crippen MR) is 101 cm³/mol. The molecule has 0 saturated carbocycles. The SMILES string of the molecule is CC(C)[C@H](NC(=O)OCc1ccccc1)[C@@H](O)C(=O)Oc1ccc(Cl)cc1. The lowest BCUT2D eigenvalue weighted by molar-refractivity contribution is -0.145. The number of ether oxygens (including phenoxy) is 2. The highest BCUT2D eigenvalue weighted by atomic mass is 35.5. The van der Waals surface area contributed by atoms with E-state index < -0.39 is 24.2 Å². The molecule has 0 unspecified atom stereocenters. The first-order chi connectivity index (χ1) is 12.9. The number of nitrogens with one attached hydrogen (secondary N) is 1. The van der Waals surface area contributed by atoms with Crippen LogP contribution in [0.5, 0.6) is 5.75 Å². The quantitative estimate of drug-likeness (QED) is 0.557. The van der Waals surface area contributed by atoms with Crippen LogP contribution in [0.25, 0.3) is 0 Å². The van der Waals surface area contributed by atoms with Crippen molar-refractivity contribution in [2.75, 3.05) is 0 Å². The van der Waals surface area contributed by atoms with Gasteiger partial charge in [0.2, 0.25) is 0 Å². The van der Waals surface area contributed by atoms with Crippen LogP contribution in [0.15, 0.2) is 54.6 Å². The number of rotatable bonds is 7. The summed E-state index contributed by atoms with van der Waals surface area (Å²) in [4.78, 5) is 24.2. The van der Waals surface area contributed by atoms with Gasteiger partial charge in [-0.1, -0.05) is 55.8 Å². The van der Waals surface area contributed by atoms with Gasteiger partial charge in [0.25, 0.3) is 0 Å². The molecule has 27 heavy (non-hydrogen) atoms. The Kier molecular flexibility index (Phi) is 7.64. The molecule has 1 amide bonds. The molecule has 0 spiro atoms. The lowest BCUT2D eigenvalue weighted by Gasteiger charge is -2.25. The van der Waals surface area contributed by atoms with Crippen LogP contribution in [0.1, 0.15) is 19.4 Å². The number of aliphatic hydroxyl groups is 1. The van der Waals surface area contributed by atoms with Gasteiger partial charge >= 0.3 is 12.1 Å². The number of carbonyl (C=O) groups is 2. The van der Waals surface area contributed by atoms with Crippen LogP contribution in [0, 0.1) is 5.92 Å². The number of hydrogen-bond donors (Lipinski definition) is 2. The van der Waals surface area contributed by atoms with E-state index in [0.29, 0.717) is 5.02 Å². The lowest BCUT2D eigenvalue weighted by atomic mass is 9.99. The Morgan fingerprint density at radius 3 is 2.30 bits per heavy atom. The number of hydrogen-bond acceptors (Lipinski definition) is 5. The van der Waals surface area contributed by atoms with Crippen molar-refractivity contribution in [3.05, 3.63) is 65.2 Å². The Hall–Kier alpha value is -2.57. The first-order valence-electron chi connectivity index (χ1n) is 8.49. The van der Waals surface area contributed by atoms with Crippen molar-refractivity contribution < 1.29 is 24.2 Å². The average Bonchev–Trinajstić information content (AvgIpc) is 2.66. The molecule has 0 fully saturated rings. The largest absolute Gasteiger partial charge is 0.445 e. The third-order valence-corrected chi connectivity index (χ3v) is 4.08. The van der Waals surface area contributed by atoms with Gasteiger partial charge in [-0.25, -0.2) is 9.59 Å². The Bertz CT molecular complexity index is 749. The maximum Gasteiger partial charge on any atom is 0.407 e. The van der Waals surface area contributed by atoms with Gasteiger partial charge in [0.15, 0.2) is 6.10 Å². The van der Waals surface area contributed by atoms with E-state index in [-0.39, 0.29) is 18.3 Å². The number of halogens is 1. The van der Waals surface area contributed by atoms with Crippen molar-refractivity contribution in [2.45, 2.75) is 32.6 Å². The molecule has 0 aliphatic rings. The van der Waals surface area contributed by atoms with Gasteiger partial charge in [-0.3, -0.25) is 0 Å². The van der Waals surface area contributed by atoms with Gasteiger partial charge in [0.1, 0.15) is 12.4 Å². The van der Waals surface area contributed by atoms with Gasteiger partial charge in [0.05, 0.1) is 6.04 Å². The van der Waals surface area contributed by atoms with Crippen LogP contribution in [-0.4, -0.2) is 29.3 Å². The van der Waals surface area contributed by atoms with Gasteiger partial charge in [-0.2, -0.15) is 0 Å². The summed E-state index contributed by atoms with van der Waals surface area (Å²) in [6, 6.07) is 14.5. The van der Waals surface area contributed by atoms with E-state index in [1.807, 2.05) is 30.3 Å². The fourth-order valence-electron chi connectivity index (χ4n) is 2.34. The molecule has 2 atom stereocenters. The summed E-state index contributed by atoms with van der Waals surface area (Å²) in [5.41, 5.74) is 0.830. The van der Waals surface area contributed by atoms with Gasteiger partial charge in [-0.05, 0) is 35.7 Å². The highest BCUT2D eigenvalue weighted by Gasteiger charge is 2.32. The molecule has 2 rings (SSSR count). The molecule has 0 aliphatic heterocycles. The second kappa shape index (κ2) is 9.94. The minimum atomic E-state index is -1.55. The van der Waals surface area contributed by atoms with Crippen LogP contribution in [0.3, 0.4) is 0 Å². The van der Waals surface area contributed by atoms with E-state index in [1.54, 1.807) is 26.0 Å². The maximum atomic E-state index is 12.2. The molecule has 144 valence electrons. The third-order valence-electron chi connectivity index (χ3n) is 3.83. The molecule has 7 heteroatoms. The van der Waals surface area contributed by atoms with Crippen molar-refractivity contribution in [2.24, 2.45) is 5.92 Å². The second-order valence-corrected chi connectivity index (χ2v) is 6.73. The van der Waals surface area contributed by atoms with Crippen LogP contribution in [0.2, 0.25) is 5.02 Å². The summed E-state index contributed by atoms with van der Waals surface area (Å²) in [6.45, 7) is 3.62. The predicted octanol–water partition coefficient (Wildman–Crippen LogP) is 3.56. The van der Waals surface area contributed by atoms with E-state index in [0.717, 1.165) is 5.56 Å². The molecule has 0 heterocycles. The number of esters is 1. The molecular weight excluding hydrogens is 370 g/mol.